The number of aromatic nitrogens is 1. The fraction of sp³-hybridized carbons (Fsp3) is 0.400. The lowest BCUT2D eigenvalue weighted by atomic mass is 9.84. The van der Waals surface area contributed by atoms with Crippen LogP contribution in [0.1, 0.15) is 25.0 Å². The van der Waals surface area contributed by atoms with Gasteiger partial charge in [0.25, 0.3) is 0 Å². The average Bonchev–Trinajstić information content (AvgIpc) is 3.22. The van der Waals surface area contributed by atoms with Crippen molar-refractivity contribution in [1.29, 1.82) is 0 Å². The van der Waals surface area contributed by atoms with Gasteiger partial charge >= 0.3 is 0 Å². The summed E-state index contributed by atoms with van der Waals surface area (Å²) in [5.74, 6) is 1.66. The lowest BCUT2D eigenvalue weighted by Gasteiger charge is -2.27. The van der Waals surface area contributed by atoms with Crippen LogP contribution >= 0.6 is 24.8 Å². The Morgan fingerprint density at radius 2 is 1.96 bits per heavy atom. The molecular formula is C20H25Cl2N3O2. The van der Waals surface area contributed by atoms with Gasteiger partial charge in [-0.25, -0.2) is 0 Å². The molecule has 4 atom stereocenters. The van der Waals surface area contributed by atoms with Crippen LogP contribution in [0.4, 0.5) is 5.69 Å². The Labute approximate surface area is 171 Å². The largest absolute Gasteiger partial charge is 0.487 e. The van der Waals surface area contributed by atoms with Gasteiger partial charge in [-0.1, -0.05) is 12.1 Å². The first kappa shape index (κ1) is 21.5. The SMILES string of the molecule is Cl.Cl.NC1C2CCC(C2)C1C(=O)Nc1cccc(OCc2ccccn2)c1. The third-order valence-corrected chi connectivity index (χ3v) is 5.50. The number of halogens is 2. The van der Waals surface area contributed by atoms with Crippen LogP contribution in [-0.4, -0.2) is 16.9 Å². The first-order valence-corrected chi connectivity index (χ1v) is 8.90. The van der Waals surface area contributed by atoms with Crippen LogP contribution in [-0.2, 0) is 11.4 Å². The summed E-state index contributed by atoms with van der Waals surface area (Å²) in [6.07, 6.45) is 5.15. The lowest BCUT2D eigenvalue weighted by molar-refractivity contribution is -0.121. The maximum Gasteiger partial charge on any atom is 0.229 e. The molecule has 1 aromatic heterocycles. The number of nitrogens with two attached hydrogens (primary N) is 1. The summed E-state index contributed by atoms with van der Waals surface area (Å²) in [5.41, 5.74) is 7.88. The number of nitrogens with one attached hydrogen (secondary N) is 1. The van der Waals surface area contributed by atoms with Crippen LogP contribution in [0.25, 0.3) is 0 Å². The summed E-state index contributed by atoms with van der Waals surface area (Å²) >= 11 is 0. The van der Waals surface area contributed by atoms with Gasteiger partial charge in [0.15, 0.2) is 0 Å². The number of nitrogens with zero attached hydrogens (tertiary/aromatic N) is 1. The number of hydrogen-bond acceptors (Lipinski definition) is 4. The zero-order valence-corrected chi connectivity index (χ0v) is 16.5. The number of ether oxygens (including phenoxy) is 1. The Hall–Kier alpha value is -1.82. The van der Waals surface area contributed by atoms with Gasteiger partial charge in [-0.2, -0.15) is 0 Å². The Kier molecular flexibility index (Phi) is 7.48. The summed E-state index contributed by atoms with van der Waals surface area (Å²) in [6.45, 7) is 0.398. The zero-order valence-electron chi connectivity index (χ0n) is 14.9. The smallest absolute Gasteiger partial charge is 0.229 e. The number of anilines is 1. The summed E-state index contributed by atoms with van der Waals surface area (Å²) in [7, 11) is 0. The van der Waals surface area contributed by atoms with E-state index in [0.29, 0.717) is 24.2 Å². The molecule has 27 heavy (non-hydrogen) atoms. The normalized spacial score (nSPS) is 25.2. The van der Waals surface area contributed by atoms with Crippen LogP contribution in [0, 0.1) is 17.8 Å². The highest BCUT2D eigenvalue weighted by molar-refractivity contribution is 5.93. The maximum atomic E-state index is 12.7. The van der Waals surface area contributed by atoms with E-state index in [-0.39, 0.29) is 42.7 Å². The molecule has 3 N–H and O–H groups in total. The van der Waals surface area contributed by atoms with Crippen molar-refractivity contribution in [3.05, 3.63) is 54.4 Å². The molecular weight excluding hydrogens is 385 g/mol. The van der Waals surface area contributed by atoms with E-state index in [9.17, 15) is 4.79 Å². The van der Waals surface area contributed by atoms with Gasteiger partial charge in [0.2, 0.25) is 5.91 Å². The Morgan fingerprint density at radius 3 is 2.67 bits per heavy atom. The van der Waals surface area contributed by atoms with E-state index in [4.69, 9.17) is 10.5 Å². The number of carbonyl (C=O) groups is 1. The van der Waals surface area contributed by atoms with Crippen molar-refractivity contribution >= 4 is 36.4 Å². The minimum Gasteiger partial charge on any atom is -0.487 e. The summed E-state index contributed by atoms with van der Waals surface area (Å²) in [4.78, 5) is 16.9. The molecule has 2 bridgehead atoms. The molecule has 2 aromatic rings. The summed E-state index contributed by atoms with van der Waals surface area (Å²) in [5, 5.41) is 3.02. The van der Waals surface area contributed by atoms with E-state index in [2.05, 4.69) is 10.3 Å². The number of carbonyl (C=O) groups excluding carboxylic acids is 1. The van der Waals surface area contributed by atoms with Crippen LogP contribution in [0.15, 0.2) is 48.7 Å². The van der Waals surface area contributed by atoms with E-state index in [1.807, 2.05) is 42.5 Å². The van der Waals surface area contributed by atoms with Crippen molar-refractivity contribution in [3.63, 3.8) is 0 Å². The Morgan fingerprint density at radius 1 is 1.15 bits per heavy atom. The molecule has 5 nitrogen and oxygen atoms in total. The minimum absolute atomic E-state index is 0. The molecule has 2 saturated carbocycles. The average molecular weight is 410 g/mol. The fourth-order valence-electron chi connectivity index (χ4n) is 4.25. The van der Waals surface area contributed by atoms with Crippen LogP contribution in [0.3, 0.4) is 0 Å². The third-order valence-electron chi connectivity index (χ3n) is 5.50. The second-order valence-electron chi connectivity index (χ2n) is 7.06. The molecule has 4 rings (SSSR count). The van der Waals surface area contributed by atoms with Crippen LogP contribution in [0.2, 0.25) is 0 Å². The summed E-state index contributed by atoms with van der Waals surface area (Å²) in [6, 6.07) is 13.2. The van der Waals surface area contributed by atoms with Gasteiger partial charge in [0.1, 0.15) is 12.4 Å². The van der Waals surface area contributed by atoms with E-state index < -0.39 is 0 Å². The van der Waals surface area contributed by atoms with E-state index in [1.165, 1.54) is 6.42 Å². The monoisotopic (exact) mass is 409 g/mol. The van der Waals surface area contributed by atoms with Crippen LogP contribution < -0.4 is 15.8 Å². The first-order chi connectivity index (χ1) is 12.2. The second kappa shape index (κ2) is 9.40. The molecule has 2 aliphatic carbocycles. The quantitative estimate of drug-likeness (QED) is 0.786. The predicted molar refractivity (Wildman–Crippen MR) is 110 cm³/mol. The molecule has 0 radical (unpaired) electrons. The van der Waals surface area contributed by atoms with Crippen molar-refractivity contribution in [2.24, 2.45) is 23.5 Å². The van der Waals surface area contributed by atoms with Crippen molar-refractivity contribution in [3.8, 4) is 5.75 Å². The molecule has 1 amide bonds. The highest BCUT2D eigenvalue weighted by Gasteiger charge is 2.49. The molecule has 7 heteroatoms. The lowest BCUT2D eigenvalue weighted by Crippen LogP contribution is -2.42. The number of fused-ring (bicyclic) bond motifs is 2. The van der Waals surface area contributed by atoms with Crippen molar-refractivity contribution in [1.82, 2.24) is 4.98 Å². The maximum absolute atomic E-state index is 12.7. The number of rotatable bonds is 5. The van der Waals surface area contributed by atoms with Gasteiger partial charge in [0, 0.05) is 24.0 Å². The van der Waals surface area contributed by atoms with Gasteiger partial charge in [-0.15, -0.1) is 24.8 Å². The van der Waals surface area contributed by atoms with Gasteiger partial charge in [-0.05, 0) is 55.4 Å². The summed E-state index contributed by atoms with van der Waals surface area (Å²) < 4.78 is 5.77. The highest BCUT2D eigenvalue weighted by atomic mass is 35.5. The third kappa shape index (κ3) is 4.72. The fourth-order valence-corrected chi connectivity index (χ4v) is 4.25. The standard InChI is InChI=1S/C20H23N3O2.2ClH/c21-19-14-8-7-13(10-14)18(19)20(24)23-15-5-3-6-17(11-15)25-12-16-4-1-2-9-22-16;;/h1-6,9,11,13-14,18-19H,7-8,10,12,21H2,(H,23,24);2*1H. The van der Waals surface area contributed by atoms with Crippen molar-refractivity contribution < 1.29 is 9.53 Å². The van der Waals surface area contributed by atoms with E-state index >= 15 is 0 Å². The van der Waals surface area contributed by atoms with Gasteiger partial charge in [-0.3, -0.25) is 9.78 Å². The molecule has 4 unspecified atom stereocenters. The number of hydrogen-bond donors (Lipinski definition) is 2. The number of pyridine rings is 1. The molecule has 2 fully saturated rings. The highest BCUT2D eigenvalue weighted by Crippen LogP contribution is 2.47. The minimum atomic E-state index is -0.0585. The second-order valence-corrected chi connectivity index (χ2v) is 7.06. The van der Waals surface area contributed by atoms with E-state index in [0.717, 1.165) is 24.2 Å². The van der Waals surface area contributed by atoms with Gasteiger partial charge in [0.05, 0.1) is 11.6 Å². The zero-order chi connectivity index (χ0) is 17.2. The van der Waals surface area contributed by atoms with E-state index in [1.54, 1.807) is 6.20 Å². The van der Waals surface area contributed by atoms with Crippen molar-refractivity contribution in [2.75, 3.05) is 5.32 Å². The predicted octanol–water partition coefficient (Wildman–Crippen LogP) is 3.82. The molecule has 0 saturated heterocycles. The molecule has 1 aromatic carbocycles. The topological polar surface area (TPSA) is 77.2 Å². The van der Waals surface area contributed by atoms with Gasteiger partial charge < -0.3 is 15.8 Å². The number of amides is 1. The molecule has 0 spiro atoms. The Bertz CT molecular complexity index is 758. The van der Waals surface area contributed by atoms with Crippen LogP contribution in [0.5, 0.6) is 5.75 Å². The molecule has 146 valence electrons. The first-order valence-electron chi connectivity index (χ1n) is 8.90. The number of benzene rings is 1. The van der Waals surface area contributed by atoms with Crippen molar-refractivity contribution in [2.45, 2.75) is 31.9 Å². The Balaban J connectivity index is 0.00000131. The molecule has 1 heterocycles. The molecule has 0 aliphatic heterocycles. The molecule has 2 aliphatic rings.